The van der Waals surface area contributed by atoms with E-state index in [0.29, 0.717) is 20.9 Å². The summed E-state index contributed by atoms with van der Waals surface area (Å²) in [5.41, 5.74) is 3.12. The summed E-state index contributed by atoms with van der Waals surface area (Å²) in [7, 11) is 0. The first-order valence-electron chi connectivity index (χ1n) is 8.09. The van der Waals surface area contributed by atoms with Crippen LogP contribution in [0.25, 0.3) is 0 Å². The first-order valence-corrected chi connectivity index (χ1v) is 10.6. The zero-order valence-electron chi connectivity index (χ0n) is 14.2. The van der Waals surface area contributed by atoms with E-state index < -0.39 is 11.9 Å². The second-order valence-electron chi connectivity index (χ2n) is 5.78. The highest BCUT2D eigenvalue weighted by atomic mass is 35.5. The van der Waals surface area contributed by atoms with Crippen LogP contribution in [0.3, 0.4) is 0 Å². The van der Waals surface area contributed by atoms with Gasteiger partial charge in [0.25, 0.3) is 5.91 Å². The van der Waals surface area contributed by atoms with Gasteiger partial charge in [0.2, 0.25) is 0 Å². The van der Waals surface area contributed by atoms with Crippen LogP contribution < -0.4 is 5.32 Å². The Balaban J connectivity index is 1.53. The molecule has 1 saturated heterocycles. The van der Waals surface area contributed by atoms with Crippen molar-refractivity contribution in [1.29, 1.82) is 0 Å². The third-order valence-electron chi connectivity index (χ3n) is 3.85. The number of aryl methyl sites for hydroxylation is 1. The lowest BCUT2D eigenvalue weighted by Gasteiger charge is -2.10. The lowest BCUT2D eigenvalue weighted by molar-refractivity contribution is -0.119. The van der Waals surface area contributed by atoms with Crippen LogP contribution in [0, 0.1) is 6.92 Å². The lowest BCUT2D eigenvalue weighted by Crippen LogP contribution is -2.21. The van der Waals surface area contributed by atoms with Crippen LogP contribution in [-0.2, 0) is 9.53 Å². The Kier molecular flexibility index (Phi) is 6.51. The van der Waals surface area contributed by atoms with Gasteiger partial charge in [-0.25, -0.2) is 4.79 Å². The van der Waals surface area contributed by atoms with E-state index in [4.69, 9.17) is 16.3 Å². The van der Waals surface area contributed by atoms with E-state index in [-0.39, 0.29) is 6.61 Å². The van der Waals surface area contributed by atoms with Crippen molar-refractivity contribution in [2.24, 2.45) is 0 Å². The van der Waals surface area contributed by atoms with Crippen LogP contribution in [0.15, 0.2) is 42.5 Å². The predicted molar refractivity (Wildman–Crippen MR) is 109 cm³/mol. The van der Waals surface area contributed by atoms with Crippen LogP contribution in [0.2, 0.25) is 5.02 Å². The van der Waals surface area contributed by atoms with Crippen LogP contribution >= 0.6 is 35.1 Å². The largest absolute Gasteiger partial charge is 0.452 e. The van der Waals surface area contributed by atoms with Crippen LogP contribution in [0.5, 0.6) is 0 Å². The van der Waals surface area contributed by atoms with Crippen molar-refractivity contribution in [3.8, 4) is 0 Å². The lowest BCUT2D eigenvalue weighted by atomic mass is 10.1. The monoisotopic (exact) mass is 407 g/mol. The maximum absolute atomic E-state index is 12.1. The van der Waals surface area contributed by atoms with Gasteiger partial charge in [-0.15, -0.1) is 23.5 Å². The average molecular weight is 408 g/mol. The van der Waals surface area contributed by atoms with Gasteiger partial charge in [0.15, 0.2) is 6.61 Å². The molecule has 1 heterocycles. The molecule has 7 heteroatoms. The predicted octanol–water partition coefficient (Wildman–Crippen LogP) is 4.92. The fourth-order valence-electron chi connectivity index (χ4n) is 2.46. The molecule has 0 saturated carbocycles. The number of carbonyl (C=O) groups is 2. The van der Waals surface area contributed by atoms with E-state index in [1.54, 1.807) is 24.3 Å². The Morgan fingerprint density at radius 2 is 1.85 bits per heavy atom. The molecule has 0 radical (unpaired) electrons. The molecule has 1 aliphatic rings. The van der Waals surface area contributed by atoms with Crippen molar-refractivity contribution >= 4 is 52.7 Å². The number of anilines is 1. The fraction of sp³-hybridized carbons (Fsp3) is 0.263. The summed E-state index contributed by atoms with van der Waals surface area (Å²) in [6, 6.07) is 12.6. The number of carbonyl (C=O) groups excluding carboxylic acids is 2. The van der Waals surface area contributed by atoms with Gasteiger partial charge in [-0.2, -0.15) is 0 Å². The van der Waals surface area contributed by atoms with Crippen LogP contribution in [0.1, 0.15) is 26.1 Å². The van der Waals surface area contributed by atoms with Gasteiger partial charge >= 0.3 is 5.97 Å². The highest BCUT2D eigenvalue weighted by Crippen LogP contribution is 2.45. The summed E-state index contributed by atoms with van der Waals surface area (Å²) in [6.45, 7) is 1.52. The maximum Gasteiger partial charge on any atom is 0.338 e. The molecule has 0 unspecified atom stereocenters. The Bertz CT molecular complexity index is 805. The van der Waals surface area contributed by atoms with E-state index in [0.717, 1.165) is 17.1 Å². The minimum Gasteiger partial charge on any atom is -0.452 e. The molecule has 1 N–H and O–H groups in total. The summed E-state index contributed by atoms with van der Waals surface area (Å²) in [5, 5.41) is 3.23. The molecule has 1 aliphatic heterocycles. The highest BCUT2D eigenvalue weighted by Gasteiger charge is 2.19. The molecule has 136 valence electrons. The number of hydrogen-bond acceptors (Lipinski definition) is 5. The first kappa shape index (κ1) is 19.1. The Morgan fingerprint density at radius 1 is 1.15 bits per heavy atom. The van der Waals surface area contributed by atoms with Crippen molar-refractivity contribution in [3.05, 3.63) is 64.2 Å². The summed E-state index contributed by atoms with van der Waals surface area (Å²) < 4.78 is 5.54. The molecule has 1 amide bonds. The summed E-state index contributed by atoms with van der Waals surface area (Å²) in [4.78, 5) is 24.1. The van der Waals surface area contributed by atoms with Crippen molar-refractivity contribution in [1.82, 2.24) is 0 Å². The number of halogens is 1. The zero-order valence-corrected chi connectivity index (χ0v) is 16.5. The number of amides is 1. The number of hydrogen-bond donors (Lipinski definition) is 1. The molecule has 0 bridgehead atoms. The number of rotatable bonds is 5. The molecule has 26 heavy (non-hydrogen) atoms. The normalized spacial score (nSPS) is 14.2. The standard InChI is InChI=1S/C19H18ClNO3S2/c1-12-2-7-15(20)10-16(12)21-17(22)11-24-18(23)13-3-5-14(6-4-13)19-25-8-9-26-19/h2-7,10,19H,8-9,11H2,1H3,(H,21,22). The zero-order chi connectivity index (χ0) is 18.5. The second kappa shape index (κ2) is 8.84. The second-order valence-corrected chi connectivity index (χ2v) is 8.94. The van der Waals surface area contributed by atoms with E-state index in [2.05, 4.69) is 5.32 Å². The van der Waals surface area contributed by atoms with Gasteiger partial charge in [0.1, 0.15) is 0 Å². The van der Waals surface area contributed by atoms with E-state index in [1.165, 1.54) is 5.56 Å². The summed E-state index contributed by atoms with van der Waals surface area (Å²) in [5.74, 6) is 1.39. The molecule has 2 aromatic carbocycles. The molecular weight excluding hydrogens is 390 g/mol. The molecule has 0 aliphatic carbocycles. The third kappa shape index (κ3) is 4.96. The van der Waals surface area contributed by atoms with Crippen molar-refractivity contribution in [3.63, 3.8) is 0 Å². The van der Waals surface area contributed by atoms with Gasteiger partial charge in [0, 0.05) is 22.2 Å². The molecular formula is C19H18ClNO3S2. The molecule has 4 nitrogen and oxygen atoms in total. The SMILES string of the molecule is Cc1ccc(Cl)cc1NC(=O)COC(=O)c1ccc(C2SCCS2)cc1. The molecule has 0 spiro atoms. The van der Waals surface area contributed by atoms with E-state index in [1.807, 2.05) is 48.6 Å². The van der Waals surface area contributed by atoms with Crippen LogP contribution in [0.4, 0.5) is 5.69 Å². The molecule has 3 rings (SSSR count). The van der Waals surface area contributed by atoms with Gasteiger partial charge in [-0.1, -0.05) is 29.8 Å². The van der Waals surface area contributed by atoms with Crippen LogP contribution in [-0.4, -0.2) is 30.0 Å². The van der Waals surface area contributed by atoms with Crippen molar-refractivity contribution in [2.75, 3.05) is 23.4 Å². The van der Waals surface area contributed by atoms with E-state index >= 15 is 0 Å². The quantitative estimate of drug-likeness (QED) is 0.712. The Hall–Kier alpha value is -1.63. The minimum atomic E-state index is -0.513. The van der Waals surface area contributed by atoms with Gasteiger partial charge in [-0.3, -0.25) is 4.79 Å². The fourth-order valence-corrected chi connectivity index (χ4v) is 5.49. The van der Waals surface area contributed by atoms with Gasteiger partial charge in [-0.05, 0) is 42.3 Å². The number of esters is 1. The molecule has 0 aromatic heterocycles. The van der Waals surface area contributed by atoms with Gasteiger partial charge < -0.3 is 10.1 Å². The summed E-state index contributed by atoms with van der Waals surface area (Å²) in [6.07, 6.45) is 0. The first-order chi connectivity index (χ1) is 12.5. The van der Waals surface area contributed by atoms with Gasteiger partial charge in [0.05, 0.1) is 10.1 Å². The Labute approximate surface area is 166 Å². The topological polar surface area (TPSA) is 55.4 Å². The average Bonchev–Trinajstić information content (AvgIpc) is 3.17. The molecule has 0 atom stereocenters. The molecule has 2 aromatic rings. The summed E-state index contributed by atoms with van der Waals surface area (Å²) >= 11 is 9.75. The highest BCUT2D eigenvalue weighted by molar-refractivity contribution is 8.19. The maximum atomic E-state index is 12.1. The number of benzene rings is 2. The minimum absolute atomic E-state index is 0.346. The van der Waals surface area contributed by atoms with Crippen molar-refractivity contribution in [2.45, 2.75) is 11.5 Å². The number of thioether (sulfide) groups is 2. The van der Waals surface area contributed by atoms with E-state index in [9.17, 15) is 9.59 Å². The number of nitrogens with one attached hydrogen (secondary N) is 1. The molecule has 1 fully saturated rings. The van der Waals surface area contributed by atoms with Crippen molar-refractivity contribution < 1.29 is 14.3 Å². The third-order valence-corrected chi connectivity index (χ3v) is 7.19. The number of ether oxygens (including phenoxy) is 1. The Morgan fingerprint density at radius 3 is 2.54 bits per heavy atom. The smallest absolute Gasteiger partial charge is 0.338 e.